The Labute approximate surface area is 168 Å². The number of carbonyl (C=O) groups excluding carboxylic acids is 1. The lowest BCUT2D eigenvalue weighted by atomic mass is 10.0. The molecule has 0 spiro atoms. The molecule has 0 aliphatic heterocycles. The quantitative estimate of drug-likeness (QED) is 0.530. The number of esters is 1. The minimum absolute atomic E-state index is 0.141. The SMILES string of the molecule is COC(=O)c1[nH]c(-c2cc(CO)cc(OC)c2)cc1-c1cc(CO)cc(OC)c1. The van der Waals surface area contributed by atoms with E-state index < -0.39 is 5.97 Å². The van der Waals surface area contributed by atoms with Crippen molar-refractivity contribution in [3.8, 4) is 33.9 Å². The number of hydrogen-bond donors (Lipinski definition) is 3. The van der Waals surface area contributed by atoms with Gasteiger partial charge < -0.3 is 29.4 Å². The Morgan fingerprint density at radius 1 is 0.828 bits per heavy atom. The van der Waals surface area contributed by atoms with Crippen LogP contribution in [0.25, 0.3) is 22.4 Å². The van der Waals surface area contributed by atoms with E-state index in [0.717, 1.165) is 5.56 Å². The number of benzene rings is 2. The number of aliphatic hydroxyl groups is 2. The fraction of sp³-hybridized carbons (Fsp3) is 0.227. The zero-order chi connectivity index (χ0) is 21.0. The summed E-state index contributed by atoms with van der Waals surface area (Å²) in [6.45, 7) is -0.303. The standard InChI is InChI=1S/C22H23NO6/c1-27-17-6-13(11-24)4-15(8-17)19-10-20(23-21(19)22(26)29-3)16-5-14(12-25)7-18(9-16)28-2/h4-10,23-25H,11-12H2,1-3H3. The molecule has 7 nitrogen and oxygen atoms in total. The van der Waals surface area contributed by atoms with E-state index in [1.54, 1.807) is 37.4 Å². The van der Waals surface area contributed by atoms with Crippen LogP contribution in [-0.2, 0) is 18.0 Å². The Hall–Kier alpha value is -3.29. The van der Waals surface area contributed by atoms with Gasteiger partial charge in [0.25, 0.3) is 0 Å². The molecular weight excluding hydrogens is 374 g/mol. The predicted octanol–water partition coefficient (Wildman–Crippen LogP) is 3.14. The molecule has 2 aromatic carbocycles. The first-order valence-electron chi connectivity index (χ1n) is 8.92. The maximum Gasteiger partial charge on any atom is 0.355 e. The second kappa shape index (κ2) is 8.81. The molecule has 0 atom stereocenters. The number of H-pyrrole nitrogens is 1. The molecule has 0 bridgehead atoms. The summed E-state index contributed by atoms with van der Waals surface area (Å²) < 4.78 is 15.6. The highest BCUT2D eigenvalue weighted by Gasteiger charge is 2.20. The summed E-state index contributed by atoms with van der Waals surface area (Å²) in [6.07, 6.45) is 0. The highest BCUT2D eigenvalue weighted by atomic mass is 16.5. The van der Waals surface area contributed by atoms with Crippen molar-refractivity contribution in [2.45, 2.75) is 13.2 Å². The van der Waals surface area contributed by atoms with Crippen molar-refractivity contribution in [3.63, 3.8) is 0 Å². The second-order valence-corrected chi connectivity index (χ2v) is 6.42. The minimum Gasteiger partial charge on any atom is -0.497 e. The van der Waals surface area contributed by atoms with Gasteiger partial charge in [0, 0.05) is 16.8 Å². The van der Waals surface area contributed by atoms with E-state index in [-0.39, 0.29) is 18.9 Å². The molecule has 3 rings (SSSR count). The first-order valence-corrected chi connectivity index (χ1v) is 8.92. The Kier molecular flexibility index (Phi) is 6.21. The third-order valence-corrected chi connectivity index (χ3v) is 4.60. The largest absolute Gasteiger partial charge is 0.497 e. The lowest BCUT2D eigenvalue weighted by molar-refractivity contribution is 0.0596. The molecular formula is C22H23NO6. The summed E-state index contributed by atoms with van der Waals surface area (Å²) in [5.74, 6) is 0.630. The van der Waals surface area contributed by atoms with Crippen LogP contribution >= 0.6 is 0 Å². The van der Waals surface area contributed by atoms with Gasteiger partial charge in [-0.15, -0.1) is 0 Å². The average molecular weight is 397 g/mol. The van der Waals surface area contributed by atoms with Gasteiger partial charge in [-0.1, -0.05) is 0 Å². The molecule has 0 unspecified atom stereocenters. The van der Waals surface area contributed by atoms with Gasteiger partial charge >= 0.3 is 5.97 Å². The van der Waals surface area contributed by atoms with Crippen LogP contribution in [0, 0.1) is 0 Å². The van der Waals surface area contributed by atoms with E-state index in [9.17, 15) is 15.0 Å². The van der Waals surface area contributed by atoms with Crippen molar-refractivity contribution in [1.82, 2.24) is 4.98 Å². The first kappa shape index (κ1) is 20.4. The van der Waals surface area contributed by atoms with Crippen molar-refractivity contribution >= 4 is 5.97 Å². The monoisotopic (exact) mass is 397 g/mol. The Morgan fingerprint density at radius 2 is 1.38 bits per heavy atom. The van der Waals surface area contributed by atoms with Crippen LogP contribution in [-0.4, -0.2) is 42.5 Å². The Bertz CT molecular complexity index is 980. The van der Waals surface area contributed by atoms with Gasteiger partial charge in [-0.3, -0.25) is 0 Å². The number of carbonyl (C=O) groups is 1. The molecule has 1 heterocycles. The molecule has 3 aromatic rings. The molecule has 1 aromatic heterocycles. The lowest BCUT2D eigenvalue weighted by Crippen LogP contribution is -2.03. The lowest BCUT2D eigenvalue weighted by Gasteiger charge is -2.08. The maximum atomic E-state index is 12.4. The number of rotatable bonds is 7. The van der Waals surface area contributed by atoms with E-state index in [1.165, 1.54) is 14.2 Å². The highest BCUT2D eigenvalue weighted by molar-refractivity contribution is 5.97. The van der Waals surface area contributed by atoms with Gasteiger partial charge in [-0.25, -0.2) is 4.79 Å². The van der Waals surface area contributed by atoms with Crippen molar-refractivity contribution in [1.29, 1.82) is 0 Å². The molecule has 152 valence electrons. The predicted molar refractivity (Wildman–Crippen MR) is 108 cm³/mol. The van der Waals surface area contributed by atoms with Crippen molar-refractivity contribution in [2.24, 2.45) is 0 Å². The fourth-order valence-electron chi connectivity index (χ4n) is 3.15. The van der Waals surface area contributed by atoms with E-state index in [0.29, 0.717) is 39.4 Å². The zero-order valence-corrected chi connectivity index (χ0v) is 16.5. The van der Waals surface area contributed by atoms with E-state index in [1.807, 2.05) is 12.1 Å². The highest BCUT2D eigenvalue weighted by Crippen LogP contribution is 2.34. The number of aromatic amines is 1. The zero-order valence-electron chi connectivity index (χ0n) is 16.5. The fourth-order valence-corrected chi connectivity index (χ4v) is 3.15. The van der Waals surface area contributed by atoms with Gasteiger partial charge in [-0.05, 0) is 59.2 Å². The molecule has 0 saturated heterocycles. The van der Waals surface area contributed by atoms with Gasteiger partial charge in [0.05, 0.1) is 34.5 Å². The second-order valence-electron chi connectivity index (χ2n) is 6.42. The number of hydrogen-bond acceptors (Lipinski definition) is 6. The van der Waals surface area contributed by atoms with Crippen LogP contribution in [0.1, 0.15) is 21.6 Å². The molecule has 0 amide bonds. The van der Waals surface area contributed by atoms with Gasteiger partial charge in [0.2, 0.25) is 0 Å². The molecule has 0 aliphatic carbocycles. The summed E-state index contributed by atoms with van der Waals surface area (Å²) in [7, 11) is 4.40. The third-order valence-electron chi connectivity index (χ3n) is 4.60. The van der Waals surface area contributed by atoms with Crippen LogP contribution in [0.4, 0.5) is 0 Å². The van der Waals surface area contributed by atoms with Crippen LogP contribution < -0.4 is 9.47 Å². The number of methoxy groups -OCH3 is 3. The number of aliphatic hydroxyl groups excluding tert-OH is 2. The van der Waals surface area contributed by atoms with Crippen molar-refractivity contribution < 1.29 is 29.2 Å². The molecule has 3 N–H and O–H groups in total. The normalized spacial score (nSPS) is 10.7. The van der Waals surface area contributed by atoms with Crippen LogP contribution in [0.3, 0.4) is 0 Å². The summed E-state index contributed by atoms with van der Waals surface area (Å²) in [6, 6.07) is 12.5. The summed E-state index contributed by atoms with van der Waals surface area (Å²) in [5, 5.41) is 19.1. The molecule has 7 heteroatoms. The summed E-state index contributed by atoms with van der Waals surface area (Å²) in [5.41, 5.74) is 4.31. The van der Waals surface area contributed by atoms with Crippen molar-refractivity contribution in [3.05, 3.63) is 59.3 Å². The Morgan fingerprint density at radius 3 is 1.90 bits per heavy atom. The average Bonchev–Trinajstić information content (AvgIpc) is 3.23. The van der Waals surface area contributed by atoms with Crippen LogP contribution in [0.5, 0.6) is 11.5 Å². The molecule has 29 heavy (non-hydrogen) atoms. The Balaban J connectivity index is 2.20. The van der Waals surface area contributed by atoms with E-state index in [4.69, 9.17) is 14.2 Å². The van der Waals surface area contributed by atoms with Crippen LogP contribution in [0.2, 0.25) is 0 Å². The molecule has 0 fully saturated rings. The maximum absolute atomic E-state index is 12.4. The first-order chi connectivity index (χ1) is 14.0. The van der Waals surface area contributed by atoms with Gasteiger partial charge in [0.15, 0.2) is 0 Å². The minimum atomic E-state index is -0.523. The molecule has 0 aliphatic rings. The van der Waals surface area contributed by atoms with E-state index in [2.05, 4.69) is 4.98 Å². The smallest absolute Gasteiger partial charge is 0.355 e. The van der Waals surface area contributed by atoms with E-state index >= 15 is 0 Å². The van der Waals surface area contributed by atoms with Crippen molar-refractivity contribution in [2.75, 3.05) is 21.3 Å². The van der Waals surface area contributed by atoms with Crippen LogP contribution in [0.15, 0.2) is 42.5 Å². The van der Waals surface area contributed by atoms with Gasteiger partial charge in [-0.2, -0.15) is 0 Å². The molecule has 0 radical (unpaired) electrons. The summed E-state index contributed by atoms with van der Waals surface area (Å²) >= 11 is 0. The number of nitrogens with one attached hydrogen (secondary N) is 1. The number of ether oxygens (including phenoxy) is 3. The van der Waals surface area contributed by atoms with Gasteiger partial charge in [0.1, 0.15) is 17.2 Å². The summed E-state index contributed by atoms with van der Waals surface area (Å²) in [4.78, 5) is 15.5. The molecule has 0 saturated carbocycles. The topological polar surface area (TPSA) is 101 Å². The number of aromatic nitrogens is 1. The third kappa shape index (κ3) is 4.26.